The molecule has 0 heterocycles. The van der Waals surface area contributed by atoms with Gasteiger partial charge < -0.3 is 5.32 Å². The van der Waals surface area contributed by atoms with Gasteiger partial charge in [-0.2, -0.15) is 0 Å². The highest BCUT2D eigenvalue weighted by molar-refractivity contribution is 8.00. The highest BCUT2D eigenvalue weighted by Gasteiger charge is 2.06. The van der Waals surface area contributed by atoms with Crippen molar-refractivity contribution in [3.8, 4) is 0 Å². The van der Waals surface area contributed by atoms with E-state index in [1.807, 2.05) is 31.2 Å². The van der Waals surface area contributed by atoms with Crippen molar-refractivity contribution < 1.29 is 9.72 Å². The first-order valence-corrected chi connectivity index (χ1v) is 7.72. The molecule has 0 aliphatic rings. The zero-order valence-corrected chi connectivity index (χ0v) is 12.9. The highest BCUT2D eigenvalue weighted by Crippen LogP contribution is 2.21. The number of nitro benzene ring substituents is 1. The van der Waals surface area contributed by atoms with E-state index in [0.29, 0.717) is 6.54 Å². The summed E-state index contributed by atoms with van der Waals surface area (Å²) in [6, 6.07) is 14.1. The summed E-state index contributed by atoms with van der Waals surface area (Å²) in [5, 5.41) is 13.4. The van der Waals surface area contributed by atoms with Crippen LogP contribution in [0.1, 0.15) is 11.1 Å². The number of nitro groups is 1. The summed E-state index contributed by atoms with van der Waals surface area (Å²) in [4.78, 5) is 22.8. The summed E-state index contributed by atoms with van der Waals surface area (Å²) in [5.41, 5.74) is 2.27. The number of thioether (sulfide) groups is 1. The van der Waals surface area contributed by atoms with E-state index < -0.39 is 4.92 Å². The van der Waals surface area contributed by atoms with Crippen LogP contribution in [0.2, 0.25) is 0 Å². The first kappa shape index (κ1) is 16.0. The van der Waals surface area contributed by atoms with Crippen molar-refractivity contribution in [2.24, 2.45) is 0 Å². The summed E-state index contributed by atoms with van der Waals surface area (Å²) in [6.07, 6.45) is 0. The number of rotatable bonds is 6. The molecular formula is C16H16N2O3S. The molecule has 0 spiro atoms. The van der Waals surface area contributed by atoms with Gasteiger partial charge in [0.2, 0.25) is 5.91 Å². The predicted octanol–water partition coefficient (Wildman–Crippen LogP) is 3.31. The van der Waals surface area contributed by atoms with Crippen LogP contribution >= 0.6 is 11.8 Å². The number of benzene rings is 2. The second kappa shape index (κ2) is 7.61. The molecule has 2 rings (SSSR count). The lowest BCUT2D eigenvalue weighted by Gasteiger charge is -2.06. The Balaban J connectivity index is 1.79. The smallest absolute Gasteiger partial charge is 0.269 e. The third-order valence-corrected chi connectivity index (χ3v) is 4.00. The van der Waals surface area contributed by atoms with E-state index in [1.54, 1.807) is 12.1 Å². The molecule has 114 valence electrons. The molecule has 2 aromatic carbocycles. The van der Waals surface area contributed by atoms with Crippen LogP contribution in [-0.2, 0) is 11.3 Å². The van der Waals surface area contributed by atoms with Gasteiger partial charge >= 0.3 is 0 Å². The van der Waals surface area contributed by atoms with Crippen LogP contribution in [0.4, 0.5) is 5.69 Å². The van der Waals surface area contributed by atoms with Crippen LogP contribution in [0.5, 0.6) is 0 Å². The van der Waals surface area contributed by atoms with Gasteiger partial charge in [0.15, 0.2) is 0 Å². The first-order chi connectivity index (χ1) is 10.5. The molecule has 2 aromatic rings. The Labute approximate surface area is 132 Å². The van der Waals surface area contributed by atoms with Crippen LogP contribution < -0.4 is 5.32 Å². The van der Waals surface area contributed by atoms with E-state index in [0.717, 1.165) is 16.0 Å². The second-order valence-electron chi connectivity index (χ2n) is 4.81. The molecule has 0 bridgehead atoms. The largest absolute Gasteiger partial charge is 0.351 e. The topological polar surface area (TPSA) is 72.2 Å². The Morgan fingerprint density at radius 3 is 2.59 bits per heavy atom. The normalized spacial score (nSPS) is 10.2. The standard InChI is InChI=1S/C16H16N2O3S/c1-12-3-2-4-13(9-12)10-17-16(19)11-22-15-7-5-14(6-8-15)18(20)21/h2-9H,10-11H2,1H3,(H,17,19). The number of hydrogen-bond acceptors (Lipinski definition) is 4. The summed E-state index contributed by atoms with van der Waals surface area (Å²) >= 11 is 1.35. The lowest BCUT2D eigenvalue weighted by atomic mass is 10.1. The maximum absolute atomic E-state index is 11.8. The Bertz CT molecular complexity index is 671. The number of carbonyl (C=O) groups is 1. The van der Waals surface area contributed by atoms with Crippen molar-refractivity contribution in [2.75, 3.05) is 5.75 Å². The monoisotopic (exact) mass is 316 g/mol. The fourth-order valence-corrected chi connectivity index (χ4v) is 2.62. The highest BCUT2D eigenvalue weighted by atomic mass is 32.2. The SMILES string of the molecule is Cc1cccc(CNC(=O)CSc2ccc([N+](=O)[O-])cc2)c1. The molecular weight excluding hydrogens is 300 g/mol. The molecule has 6 heteroatoms. The van der Waals surface area contributed by atoms with E-state index in [9.17, 15) is 14.9 Å². The van der Waals surface area contributed by atoms with Crippen LogP contribution in [0.15, 0.2) is 53.4 Å². The minimum atomic E-state index is -0.441. The average Bonchev–Trinajstić information content (AvgIpc) is 2.51. The molecule has 0 saturated carbocycles. The van der Waals surface area contributed by atoms with Gasteiger partial charge in [-0.1, -0.05) is 29.8 Å². The fraction of sp³-hybridized carbons (Fsp3) is 0.188. The molecule has 1 amide bonds. The number of carbonyl (C=O) groups excluding carboxylic acids is 1. The average molecular weight is 316 g/mol. The quantitative estimate of drug-likeness (QED) is 0.504. The van der Waals surface area contributed by atoms with Crippen LogP contribution in [0.3, 0.4) is 0 Å². The molecule has 0 fully saturated rings. The molecule has 5 nitrogen and oxygen atoms in total. The van der Waals surface area contributed by atoms with Crippen molar-refractivity contribution >= 4 is 23.4 Å². The molecule has 0 unspecified atom stereocenters. The molecule has 22 heavy (non-hydrogen) atoms. The van der Waals surface area contributed by atoms with Gasteiger partial charge in [0.1, 0.15) is 0 Å². The van der Waals surface area contributed by atoms with Gasteiger partial charge in [-0.25, -0.2) is 0 Å². The minimum absolute atomic E-state index is 0.0493. The zero-order chi connectivity index (χ0) is 15.9. The molecule has 0 radical (unpaired) electrons. The van der Waals surface area contributed by atoms with Crippen molar-refractivity contribution in [1.82, 2.24) is 5.32 Å². The first-order valence-electron chi connectivity index (χ1n) is 6.74. The van der Waals surface area contributed by atoms with Gasteiger partial charge in [0.05, 0.1) is 10.7 Å². The van der Waals surface area contributed by atoms with E-state index in [-0.39, 0.29) is 17.3 Å². The Morgan fingerprint density at radius 1 is 1.23 bits per heavy atom. The number of nitrogens with one attached hydrogen (secondary N) is 1. The Hall–Kier alpha value is -2.34. The van der Waals surface area contributed by atoms with Crippen molar-refractivity contribution in [3.63, 3.8) is 0 Å². The molecule has 0 aliphatic heterocycles. The predicted molar refractivity (Wildman–Crippen MR) is 86.8 cm³/mol. The summed E-state index contributed by atoms with van der Waals surface area (Å²) in [7, 11) is 0. The van der Waals surface area contributed by atoms with Gasteiger partial charge in [0.25, 0.3) is 5.69 Å². The summed E-state index contributed by atoms with van der Waals surface area (Å²) in [5.74, 6) is 0.216. The van der Waals surface area contributed by atoms with E-state index in [4.69, 9.17) is 0 Å². The summed E-state index contributed by atoms with van der Waals surface area (Å²) in [6.45, 7) is 2.51. The van der Waals surface area contributed by atoms with Crippen LogP contribution in [-0.4, -0.2) is 16.6 Å². The number of hydrogen-bond donors (Lipinski definition) is 1. The zero-order valence-electron chi connectivity index (χ0n) is 12.1. The van der Waals surface area contributed by atoms with E-state index >= 15 is 0 Å². The third kappa shape index (κ3) is 4.89. The minimum Gasteiger partial charge on any atom is -0.351 e. The van der Waals surface area contributed by atoms with E-state index in [2.05, 4.69) is 5.32 Å². The van der Waals surface area contributed by atoms with Gasteiger partial charge in [-0.15, -0.1) is 11.8 Å². The molecule has 1 N–H and O–H groups in total. The van der Waals surface area contributed by atoms with Crippen molar-refractivity contribution in [2.45, 2.75) is 18.4 Å². The van der Waals surface area contributed by atoms with Gasteiger partial charge in [0, 0.05) is 23.6 Å². The fourth-order valence-electron chi connectivity index (χ4n) is 1.89. The number of aryl methyl sites for hydroxylation is 1. The maximum Gasteiger partial charge on any atom is 0.269 e. The van der Waals surface area contributed by atoms with Gasteiger partial charge in [-0.3, -0.25) is 14.9 Å². The van der Waals surface area contributed by atoms with E-state index in [1.165, 1.54) is 23.9 Å². The third-order valence-electron chi connectivity index (χ3n) is 2.99. The summed E-state index contributed by atoms with van der Waals surface area (Å²) < 4.78 is 0. The molecule has 0 aliphatic carbocycles. The number of amides is 1. The lowest BCUT2D eigenvalue weighted by Crippen LogP contribution is -2.24. The number of nitrogens with zero attached hydrogens (tertiary/aromatic N) is 1. The second-order valence-corrected chi connectivity index (χ2v) is 5.85. The van der Waals surface area contributed by atoms with Crippen LogP contribution in [0.25, 0.3) is 0 Å². The number of non-ortho nitro benzene ring substituents is 1. The molecule has 0 saturated heterocycles. The maximum atomic E-state index is 11.8. The van der Waals surface area contributed by atoms with Crippen molar-refractivity contribution in [3.05, 3.63) is 69.8 Å². The lowest BCUT2D eigenvalue weighted by molar-refractivity contribution is -0.384. The van der Waals surface area contributed by atoms with Crippen molar-refractivity contribution in [1.29, 1.82) is 0 Å². The molecule has 0 aromatic heterocycles. The van der Waals surface area contributed by atoms with Crippen LogP contribution in [0, 0.1) is 17.0 Å². The Morgan fingerprint density at radius 2 is 1.95 bits per heavy atom. The van der Waals surface area contributed by atoms with Gasteiger partial charge in [-0.05, 0) is 24.6 Å². The molecule has 0 atom stereocenters. The Kier molecular flexibility index (Phi) is 5.55.